The molecule has 11 heteroatoms. The van der Waals surface area contributed by atoms with Gasteiger partial charge < -0.3 is 4.84 Å². The summed E-state index contributed by atoms with van der Waals surface area (Å²) in [6.45, 7) is 0. The number of nitrogens with zero attached hydrogens (tertiary/aromatic N) is 3. The van der Waals surface area contributed by atoms with E-state index in [4.69, 9.17) is 11.6 Å². The molecular formula is C14H10ClF4N3O3. The lowest BCUT2D eigenvalue weighted by atomic mass is 10.2. The van der Waals surface area contributed by atoms with Crippen LogP contribution in [0.5, 0.6) is 0 Å². The van der Waals surface area contributed by atoms with E-state index in [2.05, 4.69) is 9.99 Å². The lowest BCUT2D eigenvalue weighted by Gasteiger charge is -2.14. The van der Waals surface area contributed by atoms with Crippen molar-refractivity contribution in [3.63, 3.8) is 0 Å². The topological polar surface area (TPSA) is 65.6 Å². The third-order valence-corrected chi connectivity index (χ3v) is 3.54. The Morgan fingerprint density at radius 3 is 2.44 bits per heavy atom. The summed E-state index contributed by atoms with van der Waals surface area (Å²) in [6.07, 6.45) is -3.83. The van der Waals surface area contributed by atoms with Crippen LogP contribution in [0.15, 0.2) is 32.9 Å². The molecule has 0 fully saturated rings. The summed E-state index contributed by atoms with van der Waals surface area (Å²) in [5.41, 5.74) is -4.63. The standard InChI is InChI=1S/C14H10ClF4N3O3/c1-21-11(14(17,18)19)5-12(23)22(13(21)24)10-3-7(6-20-25-2)8(15)4-9(10)16/h3-6H,1-2H3/b20-6+. The maximum Gasteiger partial charge on any atom is 0.431 e. The molecule has 0 aliphatic rings. The van der Waals surface area contributed by atoms with Gasteiger partial charge in [0.05, 0.1) is 16.9 Å². The molecule has 0 amide bonds. The molecular weight excluding hydrogens is 370 g/mol. The zero-order valence-electron chi connectivity index (χ0n) is 12.8. The molecule has 0 atom stereocenters. The van der Waals surface area contributed by atoms with Crippen LogP contribution >= 0.6 is 11.6 Å². The van der Waals surface area contributed by atoms with Gasteiger partial charge in [-0.3, -0.25) is 9.36 Å². The van der Waals surface area contributed by atoms with Gasteiger partial charge in [0.25, 0.3) is 5.56 Å². The number of hydrogen-bond donors (Lipinski definition) is 0. The van der Waals surface area contributed by atoms with Gasteiger partial charge in [0, 0.05) is 18.7 Å². The first-order chi connectivity index (χ1) is 11.6. The van der Waals surface area contributed by atoms with E-state index < -0.39 is 34.6 Å². The number of benzene rings is 1. The number of alkyl halides is 3. The Kier molecular flexibility index (Phi) is 5.02. The molecule has 1 aromatic heterocycles. The largest absolute Gasteiger partial charge is 0.431 e. The number of oxime groups is 1. The summed E-state index contributed by atoms with van der Waals surface area (Å²) in [6, 6.07) is 2.01. The minimum atomic E-state index is -4.92. The van der Waals surface area contributed by atoms with E-state index in [0.717, 1.165) is 25.4 Å². The summed E-state index contributed by atoms with van der Waals surface area (Å²) in [4.78, 5) is 28.7. The van der Waals surface area contributed by atoms with E-state index in [0.29, 0.717) is 0 Å². The molecule has 0 radical (unpaired) electrons. The van der Waals surface area contributed by atoms with Crippen LogP contribution in [0.3, 0.4) is 0 Å². The summed E-state index contributed by atoms with van der Waals surface area (Å²) >= 11 is 5.81. The van der Waals surface area contributed by atoms with Crippen molar-refractivity contribution >= 4 is 17.8 Å². The van der Waals surface area contributed by atoms with Gasteiger partial charge in [0.1, 0.15) is 18.6 Å². The summed E-state index contributed by atoms with van der Waals surface area (Å²) in [7, 11) is 2.06. The van der Waals surface area contributed by atoms with Gasteiger partial charge in [-0.25, -0.2) is 13.8 Å². The maximum absolute atomic E-state index is 14.2. The first-order valence-electron chi connectivity index (χ1n) is 6.54. The van der Waals surface area contributed by atoms with E-state index in [9.17, 15) is 27.2 Å². The van der Waals surface area contributed by atoms with E-state index >= 15 is 0 Å². The molecule has 0 saturated carbocycles. The number of aromatic nitrogens is 2. The highest BCUT2D eigenvalue weighted by Gasteiger charge is 2.35. The quantitative estimate of drug-likeness (QED) is 0.467. The van der Waals surface area contributed by atoms with Crippen LogP contribution in [0.4, 0.5) is 17.6 Å². The third-order valence-electron chi connectivity index (χ3n) is 3.21. The molecule has 6 nitrogen and oxygen atoms in total. The highest BCUT2D eigenvalue weighted by atomic mass is 35.5. The Morgan fingerprint density at radius 2 is 1.88 bits per heavy atom. The Bertz CT molecular complexity index is 964. The predicted octanol–water partition coefficient (Wildman–Crippen LogP) is 2.33. The molecule has 0 aliphatic carbocycles. The first-order valence-corrected chi connectivity index (χ1v) is 6.92. The van der Waals surface area contributed by atoms with Crippen molar-refractivity contribution in [3.8, 4) is 5.69 Å². The Labute approximate surface area is 142 Å². The van der Waals surface area contributed by atoms with Gasteiger partial charge >= 0.3 is 11.9 Å². The summed E-state index contributed by atoms with van der Waals surface area (Å²) < 4.78 is 53.2. The smallest absolute Gasteiger partial charge is 0.399 e. The lowest BCUT2D eigenvalue weighted by molar-refractivity contribution is -0.144. The second-order valence-corrected chi connectivity index (χ2v) is 5.19. The molecule has 2 aromatic rings. The maximum atomic E-state index is 14.2. The van der Waals surface area contributed by atoms with Crippen molar-refractivity contribution in [3.05, 3.63) is 61.1 Å². The Morgan fingerprint density at radius 1 is 1.24 bits per heavy atom. The molecule has 0 unspecified atom stereocenters. The summed E-state index contributed by atoms with van der Waals surface area (Å²) in [5, 5.41) is 3.33. The first kappa shape index (κ1) is 18.7. The minimum absolute atomic E-state index is 0.0915. The molecule has 1 aromatic carbocycles. The fourth-order valence-corrected chi connectivity index (χ4v) is 2.25. The molecule has 1 heterocycles. The number of hydrogen-bond acceptors (Lipinski definition) is 4. The van der Waals surface area contributed by atoms with Crippen LogP contribution < -0.4 is 11.2 Å². The van der Waals surface area contributed by atoms with E-state index in [1.54, 1.807) is 0 Å². The van der Waals surface area contributed by atoms with Crippen molar-refractivity contribution in [1.82, 2.24) is 9.13 Å². The molecule has 0 spiro atoms. The molecule has 2 rings (SSSR count). The summed E-state index contributed by atoms with van der Waals surface area (Å²) in [5.74, 6) is -1.07. The van der Waals surface area contributed by atoms with Gasteiger partial charge in [0.15, 0.2) is 0 Å². The second kappa shape index (κ2) is 6.71. The molecule has 134 valence electrons. The van der Waals surface area contributed by atoms with Crippen molar-refractivity contribution in [2.24, 2.45) is 12.2 Å². The van der Waals surface area contributed by atoms with E-state index in [1.165, 1.54) is 7.11 Å². The highest BCUT2D eigenvalue weighted by Crippen LogP contribution is 2.27. The molecule has 0 aliphatic heterocycles. The van der Waals surface area contributed by atoms with E-state index in [1.807, 2.05) is 0 Å². The molecule has 0 N–H and O–H groups in total. The minimum Gasteiger partial charge on any atom is -0.399 e. The van der Waals surface area contributed by atoms with Gasteiger partial charge in [-0.05, 0) is 12.1 Å². The van der Waals surface area contributed by atoms with Crippen molar-refractivity contribution < 1.29 is 22.4 Å². The lowest BCUT2D eigenvalue weighted by Crippen LogP contribution is -2.41. The van der Waals surface area contributed by atoms with Crippen LogP contribution in [-0.2, 0) is 18.1 Å². The van der Waals surface area contributed by atoms with Crippen molar-refractivity contribution in [2.45, 2.75) is 6.18 Å². The van der Waals surface area contributed by atoms with Crippen LogP contribution in [0.2, 0.25) is 5.02 Å². The van der Waals surface area contributed by atoms with Crippen LogP contribution in [0.25, 0.3) is 5.69 Å². The Balaban J connectivity index is 2.80. The predicted molar refractivity (Wildman–Crippen MR) is 81.9 cm³/mol. The SMILES string of the molecule is CO/N=C/c1cc(-n2c(=O)cc(C(F)(F)F)n(C)c2=O)c(F)cc1Cl. The monoisotopic (exact) mass is 379 g/mol. The fourth-order valence-electron chi connectivity index (χ4n) is 2.05. The average molecular weight is 380 g/mol. The van der Waals surface area contributed by atoms with Crippen LogP contribution in [-0.4, -0.2) is 22.5 Å². The van der Waals surface area contributed by atoms with Gasteiger partial charge in [0.2, 0.25) is 0 Å². The molecule has 25 heavy (non-hydrogen) atoms. The van der Waals surface area contributed by atoms with Gasteiger partial charge in [-0.2, -0.15) is 13.2 Å². The normalized spacial score (nSPS) is 12.0. The number of halogens is 5. The zero-order valence-corrected chi connectivity index (χ0v) is 13.5. The van der Waals surface area contributed by atoms with Gasteiger partial charge in [-0.1, -0.05) is 16.8 Å². The fraction of sp³-hybridized carbons (Fsp3) is 0.214. The van der Waals surface area contributed by atoms with E-state index in [-0.39, 0.29) is 25.8 Å². The zero-order chi connectivity index (χ0) is 18.9. The second-order valence-electron chi connectivity index (χ2n) is 4.78. The molecule has 0 saturated heterocycles. The van der Waals surface area contributed by atoms with Crippen LogP contribution in [0.1, 0.15) is 11.3 Å². The molecule has 0 bridgehead atoms. The van der Waals surface area contributed by atoms with Gasteiger partial charge in [-0.15, -0.1) is 0 Å². The Hall–Kier alpha value is -2.62. The van der Waals surface area contributed by atoms with Crippen molar-refractivity contribution in [2.75, 3.05) is 7.11 Å². The third kappa shape index (κ3) is 3.58. The highest BCUT2D eigenvalue weighted by molar-refractivity contribution is 6.33. The number of rotatable bonds is 3. The van der Waals surface area contributed by atoms with Crippen LogP contribution in [0, 0.1) is 5.82 Å². The van der Waals surface area contributed by atoms with Crippen molar-refractivity contribution in [1.29, 1.82) is 0 Å². The average Bonchev–Trinajstić information content (AvgIpc) is 2.50.